The molecule has 0 bridgehead atoms. The Bertz CT molecular complexity index is 544. The van der Waals surface area contributed by atoms with Crippen molar-refractivity contribution in [2.24, 2.45) is 5.41 Å². The van der Waals surface area contributed by atoms with Crippen LogP contribution in [0, 0.1) is 5.41 Å². The fourth-order valence-electron chi connectivity index (χ4n) is 4.48. The molecule has 5 heteroatoms. The predicted molar refractivity (Wildman–Crippen MR) is 115 cm³/mol. The van der Waals surface area contributed by atoms with Crippen molar-refractivity contribution in [2.75, 3.05) is 46.3 Å². The van der Waals surface area contributed by atoms with E-state index in [1.54, 1.807) is 0 Å². The van der Waals surface area contributed by atoms with Gasteiger partial charge in [0.15, 0.2) is 0 Å². The van der Waals surface area contributed by atoms with E-state index in [1.807, 2.05) is 42.0 Å². The van der Waals surface area contributed by atoms with E-state index in [4.69, 9.17) is 0 Å². The highest BCUT2D eigenvalue weighted by atomic mass is 16.2. The highest BCUT2D eigenvalue weighted by molar-refractivity contribution is 5.80. The molecule has 0 unspecified atom stereocenters. The van der Waals surface area contributed by atoms with Gasteiger partial charge in [0, 0.05) is 46.1 Å². The third-order valence-electron chi connectivity index (χ3n) is 6.35. The molecule has 0 aromatic carbocycles. The number of likely N-dealkylation sites (N-methyl/N-ethyl adjacent to an activating group) is 1. The van der Waals surface area contributed by atoms with Gasteiger partial charge in [-0.05, 0) is 57.5 Å². The summed E-state index contributed by atoms with van der Waals surface area (Å²) in [4.78, 5) is 31.5. The van der Waals surface area contributed by atoms with E-state index in [2.05, 4.69) is 11.5 Å². The van der Waals surface area contributed by atoms with Crippen LogP contribution in [0.2, 0.25) is 0 Å². The number of amides is 2. The summed E-state index contributed by atoms with van der Waals surface area (Å²) in [6.45, 7) is 11.4. The maximum Gasteiger partial charge on any atom is 0.319 e. The Labute approximate surface area is 171 Å². The van der Waals surface area contributed by atoms with Crippen molar-refractivity contribution in [3.63, 3.8) is 0 Å². The number of hydrogen-bond donors (Lipinski definition) is 0. The molecule has 2 rings (SSSR count). The second-order valence-corrected chi connectivity index (χ2v) is 8.57. The lowest BCUT2D eigenvalue weighted by Gasteiger charge is -2.42. The summed E-state index contributed by atoms with van der Waals surface area (Å²) in [6.07, 6.45) is 13.4. The molecule has 0 saturated carbocycles. The maximum atomic E-state index is 12.8. The van der Waals surface area contributed by atoms with E-state index >= 15 is 0 Å². The van der Waals surface area contributed by atoms with Crippen LogP contribution in [-0.2, 0) is 4.79 Å². The molecule has 2 aliphatic heterocycles. The first-order valence-corrected chi connectivity index (χ1v) is 11.0. The first-order chi connectivity index (χ1) is 13.5. The molecule has 28 heavy (non-hydrogen) atoms. The SMILES string of the molecule is C=CCC1(CC(=O)C/C=C\C)CCN(C(=O)N(C)CCN2CCCCC2)CC1. The number of rotatable bonds is 9. The number of urea groups is 1. The molecule has 2 heterocycles. The van der Waals surface area contributed by atoms with Crippen LogP contribution in [0.4, 0.5) is 4.79 Å². The van der Waals surface area contributed by atoms with Crippen molar-refractivity contribution in [3.8, 4) is 0 Å². The lowest BCUT2D eigenvalue weighted by Crippen LogP contribution is -2.49. The van der Waals surface area contributed by atoms with Crippen LogP contribution in [0.25, 0.3) is 0 Å². The molecule has 0 spiro atoms. The molecule has 0 radical (unpaired) electrons. The zero-order chi connectivity index (χ0) is 20.4. The van der Waals surface area contributed by atoms with Gasteiger partial charge < -0.3 is 14.7 Å². The molecule has 5 nitrogen and oxygen atoms in total. The second kappa shape index (κ2) is 11.4. The fraction of sp³-hybridized carbons (Fsp3) is 0.739. The number of Topliss-reactive ketones (excluding diaryl/α,β-unsaturated/α-hetero) is 1. The highest BCUT2D eigenvalue weighted by Gasteiger charge is 2.37. The van der Waals surface area contributed by atoms with Gasteiger partial charge in [0.2, 0.25) is 0 Å². The lowest BCUT2D eigenvalue weighted by molar-refractivity contribution is -0.121. The van der Waals surface area contributed by atoms with Gasteiger partial charge in [-0.1, -0.05) is 24.6 Å². The van der Waals surface area contributed by atoms with Gasteiger partial charge in [0.05, 0.1) is 0 Å². The number of ketones is 1. The van der Waals surface area contributed by atoms with Crippen LogP contribution in [0.3, 0.4) is 0 Å². The summed E-state index contributed by atoms with van der Waals surface area (Å²) in [5, 5.41) is 0. The molecule has 0 aliphatic carbocycles. The van der Waals surface area contributed by atoms with E-state index in [0.717, 1.165) is 58.5 Å². The average molecular weight is 390 g/mol. The Hall–Kier alpha value is -1.62. The maximum absolute atomic E-state index is 12.8. The summed E-state index contributed by atoms with van der Waals surface area (Å²) in [6, 6.07) is 0.129. The van der Waals surface area contributed by atoms with E-state index < -0.39 is 0 Å². The standard InChI is InChI=1S/C23H39N3O2/c1-4-6-10-21(27)20-23(11-5-2)12-16-26(17-13-23)22(28)24(3)18-19-25-14-8-7-9-15-25/h4-6H,2,7-20H2,1,3H3/b6-4-. The van der Waals surface area contributed by atoms with Crippen LogP contribution in [0.1, 0.15) is 58.3 Å². The Morgan fingerprint density at radius 3 is 2.39 bits per heavy atom. The molecule has 158 valence electrons. The first-order valence-electron chi connectivity index (χ1n) is 11.0. The normalized spacial score (nSPS) is 20.3. The van der Waals surface area contributed by atoms with Crippen LogP contribution < -0.4 is 0 Å². The minimum atomic E-state index is -0.0242. The number of hydrogen-bond acceptors (Lipinski definition) is 3. The number of carbonyl (C=O) groups is 2. The molecule has 0 aromatic rings. The molecular formula is C23H39N3O2. The van der Waals surface area contributed by atoms with Gasteiger partial charge in [-0.25, -0.2) is 4.79 Å². The van der Waals surface area contributed by atoms with Gasteiger partial charge in [-0.2, -0.15) is 0 Å². The third-order valence-corrected chi connectivity index (χ3v) is 6.35. The zero-order valence-electron chi connectivity index (χ0n) is 18.0. The topological polar surface area (TPSA) is 43.9 Å². The molecule has 0 atom stereocenters. The van der Waals surface area contributed by atoms with Gasteiger partial charge in [0.1, 0.15) is 5.78 Å². The van der Waals surface area contributed by atoms with Gasteiger partial charge >= 0.3 is 6.03 Å². The number of likely N-dealkylation sites (tertiary alicyclic amines) is 2. The Kier molecular flexibility index (Phi) is 9.23. The minimum absolute atomic E-state index is 0.0242. The van der Waals surface area contributed by atoms with Crippen molar-refractivity contribution in [1.82, 2.24) is 14.7 Å². The number of carbonyl (C=O) groups excluding carboxylic acids is 2. The molecular weight excluding hydrogens is 350 g/mol. The van der Waals surface area contributed by atoms with Crippen LogP contribution >= 0.6 is 0 Å². The second-order valence-electron chi connectivity index (χ2n) is 8.57. The first kappa shape index (κ1) is 22.7. The van der Waals surface area contributed by atoms with Crippen molar-refractivity contribution in [3.05, 3.63) is 24.8 Å². The molecule has 0 N–H and O–H groups in total. The van der Waals surface area contributed by atoms with Crippen molar-refractivity contribution in [2.45, 2.75) is 58.3 Å². The molecule has 2 saturated heterocycles. The van der Waals surface area contributed by atoms with Gasteiger partial charge in [0.25, 0.3) is 0 Å². The van der Waals surface area contributed by atoms with E-state index in [1.165, 1.54) is 19.3 Å². The zero-order valence-corrected chi connectivity index (χ0v) is 18.0. The summed E-state index contributed by atoms with van der Waals surface area (Å²) >= 11 is 0. The van der Waals surface area contributed by atoms with E-state index in [0.29, 0.717) is 18.6 Å². The van der Waals surface area contributed by atoms with Crippen LogP contribution in [-0.4, -0.2) is 72.8 Å². The van der Waals surface area contributed by atoms with Gasteiger partial charge in [-0.15, -0.1) is 6.58 Å². The summed E-state index contributed by atoms with van der Waals surface area (Å²) < 4.78 is 0. The highest BCUT2D eigenvalue weighted by Crippen LogP contribution is 2.39. The Morgan fingerprint density at radius 1 is 1.11 bits per heavy atom. The van der Waals surface area contributed by atoms with Crippen LogP contribution in [0.5, 0.6) is 0 Å². The average Bonchev–Trinajstić information content (AvgIpc) is 2.71. The number of nitrogens with zero attached hydrogens (tertiary/aromatic N) is 3. The minimum Gasteiger partial charge on any atom is -0.326 e. The van der Waals surface area contributed by atoms with Crippen LogP contribution in [0.15, 0.2) is 24.8 Å². The lowest BCUT2D eigenvalue weighted by atomic mass is 9.72. The molecule has 2 fully saturated rings. The third kappa shape index (κ3) is 6.77. The van der Waals surface area contributed by atoms with Crippen molar-refractivity contribution < 1.29 is 9.59 Å². The monoisotopic (exact) mass is 389 g/mol. The summed E-state index contributed by atoms with van der Waals surface area (Å²) in [7, 11) is 1.92. The molecule has 0 aromatic heterocycles. The van der Waals surface area contributed by atoms with E-state index in [-0.39, 0.29) is 11.4 Å². The Morgan fingerprint density at radius 2 is 1.79 bits per heavy atom. The number of piperidine rings is 2. The predicted octanol–water partition coefficient (Wildman–Crippen LogP) is 4.11. The number of allylic oxidation sites excluding steroid dienone is 3. The summed E-state index contributed by atoms with van der Waals surface area (Å²) in [5.41, 5.74) is -0.0242. The Balaban J connectivity index is 1.82. The fourth-order valence-corrected chi connectivity index (χ4v) is 4.48. The molecule has 2 amide bonds. The quantitative estimate of drug-likeness (QED) is 0.558. The van der Waals surface area contributed by atoms with Crippen molar-refractivity contribution >= 4 is 11.8 Å². The largest absolute Gasteiger partial charge is 0.326 e. The van der Waals surface area contributed by atoms with E-state index in [9.17, 15) is 9.59 Å². The van der Waals surface area contributed by atoms with Crippen molar-refractivity contribution in [1.29, 1.82) is 0 Å². The molecule has 2 aliphatic rings. The summed E-state index contributed by atoms with van der Waals surface area (Å²) in [5.74, 6) is 0.290. The van der Waals surface area contributed by atoms with Gasteiger partial charge in [-0.3, -0.25) is 4.79 Å². The smallest absolute Gasteiger partial charge is 0.319 e.